The smallest absolute Gasteiger partial charge is 0.305 e. The molecule has 0 aliphatic carbocycles. The summed E-state index contributed by atoms with van der Waals surface area (Å²) in [6.45, 7) is 4.71. The molecule has 3 heteroatoms. The first-order chi connectivity index (χ1) is 8.20. The summed E-state index contributed by atoms with van der Waals surface area (Å²) in [6, 6.07) is 0. The van der Waals surface area contributed by atoms with Gasteiger partial charge < -0.3 is 4.74 Å². The summed E-state index contributed by atoms with van der Waals surface area (Å²) in [4.78, 5) is 22.6. The summed E-state index contributed by atoms with van der Waals surface area (Å²) in [7, 11) is 0. The van der Waals surface area contributed by atoms with Gasteiger partial charge in [0.2, 0.25) is 0 Å². The molecule has 0 amide bonds. The molecule has 0 saturated carbocycles. The number of carbonyl (C=O) groups excluding carboxylic acids is 2. The number of unbranched alkanes of at least 4 members (excludes halogenated alkanes) is 3. The zero-order chi connectivity index (χ0) is 12.9. The lowest BCUT2D eigenvalue weighted by molar-refractivity contribution is -0.143. The van der Waals surface area contributed by atoms with Crippen LogP contribution in [0.4, 0.5) is 0 Å². The summed E-state index contributed by atoms with van der Waals surface area (Å²) in [5.41, 5.74) is 0. The summed E-state index contributed by atoms with van der Waals surface area (Å²) in [6.07, 6.45) is 7.36. The van der Waals surface area contributed by atoms with Gasteiger partial charge in [-0.15, -0.1) is 0 Å². The van der Waals surface area contributed by atoms with Crippen molar-refractivity contribution in [2.75, 3.05) is 6.61 Å². The number of rotatable bonds is 11. The molecule has 3 nitrogen and oxygen atoms in total. The van der Waals surface area contributed by atoms with Gasteiger partial charge in [0.15, 0.2) is 0 Å². The van der Waals surface area contributed by atoms with Crippen LogP contribution in [0.1, 0.15) is 71.6 Å². The normalized spacial score (nSPS) is 10.2. The van der Waals surface area contributed by atoms with E-state index in [2.05, 4.69) is 13.8 Å². The molecule has 0 N–H and O–H groups in total. The molecule has 100 valence electrons. The second-order valence-electron chi connectivity index (χ2n) is 4.42. The lowest BCUT2D eigenvalue weighted by Gasteiger charge is -2.04. The number of hydrogen-bond donors (Lipinski definition) is 0. The topological polar surface area (TPSA) is 43.4 Å². The zero-order valence-corrected chi connectivity index (χ0v) is 11.3. The molecule has 0 aromatic heterocycles. The Morgan fingerprint density at radius 2 is 1.47 bits per heavy atom. The van der Waals surface area contributed by atoms with Gasteiger partial charge in [-0.3, -0.25) is 9.59 Å². The molecule has 0 aromatic carbocycles. The second-order valence-corrected chi connectivity index (χ2v) is 4.42. The molecule has 0 atom stereocenters. The van der Waals surface area contributed by atoms with E-state index in [9.17, 15) is 9.59 Å². The Bertz CT molecular complexity index is 212. The molecule has 17 heavy (non-hydrogen) atoms. The van der Waals surface area contributed by atoms with Crippen LogP contribution in [0.5, 0.6) is 0 Å². The molecule has 0 radical (unpaired) electrons. The van der Waals surface area contributed by atoms with Gasteiger partial charge in [0.05, 0.1) is 6.61 Å². The van der Waals surface area contributed by atoms with Gasteiger partial charge in [0.25, 0.3) is 0 Å². The summed E-state index contributed by atoms with van der Waals surface area (Å²) in [5.74, 6) is 0.107. The van der Waals surface area contributed by atoms with Crippen LogP contribution >= 0.6 is 0 Å². The van der Waals surface area contributed by atoms with Gasteiger partial charge >= 0.3 is 5.97 Å². The quantitative estimate of drug-likeness (QED) is 0.410. The standard InChI is InChI=1S/C14H26O3/c1-3-5-7-12-17-14(16)11-8-10-13(15)9-6-4-2/h3-12H2,1-2H3. The van der Waals surface area contributed by atoms with Gasteiger partial charge in [-0.1, -0.05) is 33.1 Å². The Labute approximate surface area is 105 Å². The number of ether oxygens (including phenoxy) is 1. The number of ketones is 1. The van der Waals surface area contributed by atoms with E-state index in [0.717, 1.165) is 32.1 Å². The van der Waals surface area contributed by atoms with Crippen molar-refractivity contribution in [3.8, 4) is 0 Å². The molecule has 0 spiro atoms. The van der Waals surface area contributed by atoms with Gasteiger partial charge in [-0.2, -0.15) is 0 Å². The fraction of sp³-hybridized carbons (Fsp3) is 0.857. The van der Waals surface area contributed by atoms with Crippen molar-refractivity contribution in [1.82, 2.24) is 0 Å². The van der Waals surface area contributed by atoms with E-state index < -0.39 is 0 Å². The van der Waals surface area contributed by atoms with E-state index in [-0.39, 0.29) is 11.8 Å². The Kier molecular flexibility index (Phi) is 11.0. The van der Waals surface area contributed by atoms with Crippen molar-refractivity contribution in [1.29, 1.82) is 0 Å². The Hall–Kier alpha value is -0.860. The summed E-state index contributed by atoms with van der Waals surface area (Å²) >= 11 is 0. The van der Waals surface area contributed by atoms with Crippen molar-refractivity contribution in [2.45, 2.75) is 71.6 Å². The molecule has 0 saturated heterocycles. The SMILES string of the molecule is CCCCCOC(=O)CCCC(=O)CCCC. The van der Waals surface area contributed by atoms with Gasteiger partial charge in [-0.25, -0.2) is 0 Å². The second kappa shape index (κ2) is 11.6. The van der Waals surface area contributed by atoms with E-state index >= 15 is 0 Å². The fourth-order valence-electron chi connectivity index (χ4n) is 1.54. The largest absolute Gasteiger partial charge is 0.466 e. The van der Waals surface area contributed by atoms with Gasteiger partial charge in [-0.05, 0) is 19.3 Å². The number of Topliss-reactive ketones (excluding diaryl/α,β-unsaturated/α-hetero) is 1. The molecule has 0 aliphatic rings. The average Bonchev–Trinajstić information content (AvgIpc) is 2.32. The molecule has 0 fully saturated rings. The molecular weight excluding hydrogens is 216 g/mol. The van der Waals surface area contributed by atoms with Gasteiger partial charge in [0, 0.05) is 19.3 Å². The molecule has 0 heterocycles. The van der Waals surface area contributed by atoms with E-state index in [1.54, 1.807) is 0 Å². The maximum Gasteiger partial charge on any atom is 0.305 e. The minimum atomic E-state index is -0.163. The average molecular weight is 242 g/mol. The van der Waals surface area contributed by atoms with Crippen molar-refractivity contribution >= 4 is 11.8 Å². The minimum Gasteiger partial charge on any atom is -0.466 e. The van der Waals surface area contributed by atoms with E-state index in [4.69, 9.17) is 4.74 Å². The number of carbonyl (C=O) groups is 2. The van der Waals surface area contributed by atoms with Crippen LogP contribution in [0, 0.1) is 0 Å². The third kappa shape index (κ3) is 11.4. The van der Waals surface area contributed by atoms with Crippen LogP contribution in [0.15, 0.2) is 0 Å². The van der Waals surface area contributed by atoms with Crippen LogP contribution in [0.25, 0.3) is 0 Å². The third-order valence-electron chi connectivity index (χ3n) is 2.66. The fourth-order valence-corrected chi connectivity index (χ4v) is 1.54. The number of esters is 1. The van der Waals surface area contributed by atoms with Crippen LogP contribution in [-0.2, 0) is 14.3 Å². The third-order valence-corrected chi connectivity index (χ3v) is 2.66. The minimum absolute atomic E-state index is 0.163. The molecule has 0 aromatic rings. The monoisotopic (exact) mass is 242 g/mol. The maximum atomic E-state index is 11.3. The Morgan fingerprint density at radius 3 is 2.12 bits per heavy atom. The van der Waals surface area contributed by atoms with E-state index in [0.29, 0.717) is 32.3 Å². The van der Waals surface area contributed by atoms with Crippen molar-refractivity contribution in [3.05, 3.63) is 0 Å². The van der Waals surface area contributed by atoms with Crippen LogP contribution < -0.4 is 0 Å². The first kappa shape index (κ1) is 16.1. The van der Waals surface area contributed by atoms with Crippen molar-refractivity contribution < 1.29 is 14.3 Å². The van der Waals surface area contributed by atoms with E-state index in [1.807, 2.05) is 0 Å². The van der Waals surface area contributed by atoms with Crippen molar-refractivity contribution in [3.63, 3.8) is 0 Å². The predicted molar refractivity (Wildman–Crippen MR) is 68.9 cm³/mol. The predicted octanol–water partition coefficient (Wildman–Crippen LogP) is 3.65. The molecule has 0 rings (SSSR count). The lowest BCUT2D eigenvalue weighted by atomic mass is 10.1. The molecule has 0 unspecified atom stereocenters. The summed E-state index contributed by atoms with van der Waals surface area (Å²) in [5, 5.41) is 0. The lowest BCUT2D eigenvalue weighted by Crippen LogP contribution is -2.07. The summed E-state index contributed by atoms with van der Waals surface area (Å²) < 4.78 is 5.06. The molecule has 0 bridgehead atoms. The Morgan fingerprint density at radius 1 is 0.824 bits per heavy atom. The highest BCUT2D eigenvalue weighted by Crippen LogP contribution is 2.05. The van der Waals surface area contributed by atoms with E-state index in [1.165, 1.54) is 0 Å². The molecular formula is C14H26O3. The number of hydrogen-bond acceptors (Lipinski definition) is 3. The highest BCUT2D eigenvalue weighted by atomic mass is 16.5. The van der Waals surface area contributed by atoms with Crippen LogP contribution in [0.3, 0.4) is 0 Å². The van der Waals surface area contributed by atoms with Crippen LogP contribution in [0.2, 0.25) is 0 Å². The maximum absolute atomic E-state index is 11.3. The highest BCUT2D eigenvalue weighted by molar-refractivity contribution is 5.79. The van der Waals surface area contributed by atoms with Gasteiger partial charge in [0.1, 0.15) is 5.78 Å². The zero-order valence-electron chi connectivity index (χ0n) is 11.3. The van der Waals surface area contributed by atoms with Crippen molar-refractivity contribution in [2.24, 2.45) is 0 Å². The first-order valence-electron chi connectivity index (χ1n) is 6.88. The highest BCUT2D eigenvalue weighted by Gasteiger charge is 2.05. The molecule has 0 aliphatic heterocycles. The Balaban J connectivity index is 3.35. The van der Waals surface area contributed by atoms with Crippen LogP contribution in [-0.4, -0.2) is 18.4 Å². The first-order valence-corrected chi connectivity index (χ1v) is 6.88.